The number of carboxylic acid groups (broad SMARTS) is 1. The highest BCUT2D eigenvalue weighted by Crippen LogP contribution is 2.16. The number of anilines is 1. The average molecular weight is 380 g/mol. The number of rotatable bonds is 8. The normalized spacial score (nSPS) is 11.2. The van der Waals surface area contributed by atoms with Gasteiger partial charge in [-0.2, -0.15) is 0 Å². The van der Waals surface area contributed by atoms with Gasteiger partial charge < -0.3 is 14.8 Å². The Balaban J connectivity index is 2.05. The number of hydrogen-bond acceptors (Lipinski definition) is 5. The van der Waals surface area contributed by atoms with Crippen LogP contribution in [0.4, 0.5) is 5.69 Å². The maximum absolute atomic E-state index is 12.2. The molecule has 0 spiro atoms. The van der Waals surface area contributed by atoms with Crippen molar-refractivity contribution >= 4 is 27.6 Å². The van der Waals surface area contributed by atoms with E-state index in [9.17, 15) is 18.0 Å². The van der Waals surface area contributed by atoms with E-state index in [0.29, 0.717) is 17.9 Å². The number of carbonyl (C=O) groups is 2. The average Bonchev–Trinajstić information content (AvgIpc) is 2.93. The van der Waals surface area contributed by atoms with Crippen LogP contribution < -0.4 is 10.0 Å². The van der Waals surface area contributed by atoms with E-state index in [1.54, 1.807) is 25.1 Å². The summed E-state index contributed by atoms with van der Waals surface area (Å²) in [6, 6.07) is 7.45. The largest absolute Gasteiger partial charge is 0.478 e. The van der Waals surface area contributed by atoms with Crippen LogP contribution in [-0.4, -0.2) is 31.2 Å². The lowest BCUT2D eigenvalue weighted by atomic mass is 10.2. The molecule has 1 aromatic carbocycles. The molecular formula is C17H20N2O6S. The number of sulfonamides is 1. The number of carbonyl (C=O) groups excluding carboxylic acids is 1. The molecule has 0 atom stereocenters. The number of amides is 1. The zero-order valence-corrected chi connectivity index (χ0v) is 15.2. The summed E-state index contributed by atoms with van der Waals surface area (Å²) in [5, 5.41) is 11.6. The molecule has 8 nitrogen and oxygen atoms in total. The van der Waals surface area contributed by atoms with Crippen molar-refractivity contribution in [3.05, 3.63) is 53.0 Å². The zero-order valence-electron chi connectivity index (χ0n) is 14.4. The van der Waals surface area contributed by atoms with Gasteiger partial charge in [0.2, 0.25) is 10.0 Å². The Kier molecular flexibility index (Phi) is 6.04. The maximum Gasteiger partial charge on any atom is 0.339 e. The van der Waals surface area contributed by atoms with Crippen LogP contribution in [0.2, 0.25) is 0 Å². The second-order valence-electron chi connectivity index (χ2n) is 5.67. The summed E-state index contributed by atoms with van der Waals surface area (Å²) in [6.07, 6.45) is 0.483. The fraction of sp³-hybridized carbons (Fsp3) is 0.294. The van der Waals surface area contributed by atoms with Gasteiger partial charge in [-0.05, 0) is 37.6 Å². The van der Waals surface area contributed by atoms with Crippen molar-refractivity contribution in [3.63, 3.8) is 0 Å². The fourth-order valence-electron chi connectivity index (χ4n) is 2.34. The summed E-state index contributed by atoms with van der Waals surface area (Å²) in [6.45, 7) is 3.30. The lowest BCUT2D eigenvalue weighted by Crippen LogP contribution is -2.23. The lowest BCUT2D eigenvalue weighted by molar-refractivity contribution is 0.0694. The van der Waals surface area contributed by atoms with Gasteiger partial charge in [-0.1, -0.05) is 13.0 Å². The molecule has 0 saturated heterocycles. The second kappa shape index (κ2) is 8.05. The van der Waals surface area contributed by atoms with Crippen LogP contribution in [0.1, 0.15) is 45.6 Å². The molecular weight excluding hydrogens is 360 g/mol. The van der Waals surface area contributed by atoms with Gasteiger partial charge in [-0.25, -0.2) is 13.2 Å². The Morgan fingerprint density at radius 3 is 2.58 bits per heavy atom. The summed E-state index contributed by atoms with van der Waals surface area (Å²) in [7, 11) is -3.44. The van der Waals surface area contributed by atoms with Crippen LogP contribution in [0.5, 0.6) is 0 Å². The predicted molar refractivity (Wildman–Crippen MR) is 95.7 cm³/mol. The van der Waals surface area contributed by atoms with Crippen molar-refractivity contribution in [1.29, 1.82) is 0 Å². The minimum Gasteiger partial charge on any atom is -0.478 e. The van der Waals surface area contributed by atoms with Crippen molar-refractivity contribution < 1.29 is 27.5 Å². The first-order valence-corrected chi connectivity index (χ1v) is 9.58. The molecule has 1 amide bonds. The van der Waals surface area contributed by atoms with Gasteiger partial charge in [0.15, 0.2) is 0 Å². The number of aromatic carboxylic acids is 1. The highest BCUT2D eigenvalue weighted by Gasteiger charge is 2.15. The first-order valence-electron chi connectivity index (χ1n) is 7.93. The van der Waals surface area contributed by atoms with Gasteiger partial charge >= 0.3 is 5.97 Å². The van der Waals surface area contributed by atoms with Crippen molar-refractivity contribution in [2.45, 2.75) is 26.8 Å². The lowest BCUT2D eigenvalue weighted by Gasteiger charge is -2.09. The number of hydrogen-bond donors (Lipinski definition) is 3. The molecule has 0 radical (unpaired) electrons. The predicted octanol–water partition coefficient (Wildman–Crippen LogP) is 2.37. The molecule has 1 aromatic heterocycles. The van der Waals surface area contributed by atoms with E-state index in [1.165, 1.54) is 19.1 Å². The molecule has 140 valence electrons. The minimum atomic E-state index is -3.44. The second-order valence-corrected chi connectivity index (χ2v) is 7.51. The van der Waals surface area contributed by atoms with E-state index in [2.05, 4.69) is 10.0 Å². The third-order valence-corrected chi connectivity index (χ3v) is 4.99. The Hall–Kier alpha value is -2.81. The highest BCUT2D eigenvalue weighted by molar-refractivity contribution is 7.92. The van der Waals surface area contributed by atoms with Crippen LogP contribution in [0, 0.1) is 6.92 Å². The van der Waals surface area contributed by atoms with E-state index < -0.39 is 21.9 Å². The molecule has 2 rings (SSSR count). The number of aryl methyl sites for hydroxylation is 1. The molecule has 0 unspecified atom stereocenters. The van der Waals surface area contributed by atoms with Crippen molar-refractivity contribution in [1.82, 2.24) is 5.32 Å². The summed E-state index contributed by atoms with van der Waals surface area (Å²) in [5.74, 6) is -0.974. The molecule has 0 fully saturated rings. The van der Waals surface area contributed by atoms with Gasteiger partial charge in [0.25, 0.3) is 5.91 Å². The number of nitrogens with one attached hydrogen (secondary N) is 2. The molecule has 0 bridgehead atoms. The quantitative estimate of drug-likeness (QED) is 0.645. The fourth-order valence-corrected chi connectivity index (χ4v) is 3.46. The monoisotopic (exact) mass is 380 g/mol. The van der Waals surface area contributed by atoms with E-state index in [0.717, 1.165) is 0 Å². The van der Waals surface area contributed by atoms with Crippen molar-refractivity contribution in [2.75, 3.05) is 10.5 Å². The molecule has 9 heteroatoms. The van der Waals surface area contributed by atoms with Crippen LogP contribution >= 0.6 is 0 Å². The summed E-state index contributed by atoms with van der Waals surface area (Å²) in [5.41, 5.74) is 0.609. The molecule has 1 heterocycles. The smallest absolute Gasteiger partial charge is 0.339 e. The zero-order chi connectivity index (χ0) is 19.3. The Morgan fingerprint density at radius 2 is 1.96 bits per heavy atom. The standard InChI is InChI=1S/C17H20N2O6S/c1-3-7-26(23,24)19-13-6-4-5-12(8-13)16(20)18-10-14-9-15(17(21)22)11(2)25-14/h4-6,8-9,19H,3,7,10H2,1-2H3,(H,18,20)(H,21,22). The molecule has 3 N–H and O–H groups in total. The van der Waals surface area contributed by atoms with E-state index >= 15 is 0 Å². The van der Waals surface area contributed by atoms with Crippen LogP contribution in [0.15, 0.2) is 34.7 Å². The van der Waals surface area contributed by atoms with Crippen LogP contribution in [0.25, 0.3) is 0 Å². The van der Waals surface area contributed by atoms with Gasteiger partial charge in [-0.3, -0.25) is 9.52 Å². The van der Waals surface area contributed by atoms with Gasteiger partial charge in [0.1, 0.15) is 17.1 Å². The summed E-state index contributed by atoms with van der Waals surface area (Å²) < 4.78 is 31.3. The SMILES string of the molecule is CCCS(=O)(=O)Nc1cccc(C(=O)NCc2cc(C(=O)O)c(C)o2)c1. The van der Waals surface area contributed by atoms with Crippen LogP contribution in [0.3, 0.4) is 0 Å². The Bertz CT molecular complexity index is 917. The molecule has 0 aliphatic carbocycles. The third kappa shape index (κ3) is 5.09. The highest BCUT2D eigenvalue weighted by atomic mass is 32.2. The van der Waals surface area contributed by atoms with Crippen molar-refractivity contribution in [3.8, 4) is 0 Å². The maximum atomic E-state index is 12.2. The third-order valence-electron chi connectivity index (χ3n) is 3.49. The van der Waals surface area contributed by atoms with Crippen LogP contribution in [-0.2, 0) is 16.6 Å². The van der Waals surface area contributed by atoms with Crippen molar-refractivity contribution in [2.24, 2.45) is 0 Å². The van der Waals surface area contributed by atoms with Gasteiger partial charge in [0.05, 0.1) is 12.3 Å². The van der Waals surface area contributed by atoms with E-state index in [-0.39, 0.29) is 29.2 Å². The molecule has 0 aliphatic heterocycles. The number of benzene rings is 1. The molecule has 26 heavy (non-hydrogen) atoms. The topological polar surface area (TPSA) is 126 Å². The van der Waals surface area contributed by atoms with E-state index in [4.69, 9.17) is 9.52 Å². The molecule has 0 aliphatic rings. The number of furan rings is 1. The minimum absolute atomic E-state index is 0.00677. The Morgan fingerprint density at radius 1 is 1.23 bits per heavy atom. The van der Waals surface area contributed by atoms with Gasteiger partial charge in [0, 0.05) is 11.3 Å². The first kappa shape index (κ1) is 19.5. The Labute approximate surface area is 151 Å². The first-order chi connectivity index (χ1) is 12.2. The van der Waals surface area contributed by atoms with E-state index in [1.807, 2.05) is 0 Å². The van der Waals surface area contributed by atoms with Gasteiger partial charge in [-0.15, -0.1) is 0 Å². The molecule has 2 aromatic rings. The summed E-state index contributed by atoms with van der Waals surface area (Å²) in [4.78, 5) is 23.2. The number of carboxylic acids is 1. The summed E-state index contributed by atoms with van der Waals surface area (Å²) >= 11 is 0. The molecule has 0 saturated carbocycles.